The molecule has 2 amide bonds. The highest BCUT2D eigenvalue weighted by Crippen LogP contribution is 2.28. The Balaban J connectivity index is 1.81. The van der Waals surface area contributed by atoms with Gasteiger partial charge < -0.3 is 0 Å². The van der Waals surface area contributed by atoms with Crippen molar-refractivity contribution in [3.8, 4) is 0 Å². The highest BCUT2D eigenvalue weighted by atomic mass is 32.2. The van der Waals surface area contributed by atoms with Crippen molar-refractivity contribution in [2.45, 2.75) is 24.5 Å². The zero-order chi connectivity index (χ0) is 21.2. The van der Waals surface area contributed by atoms with Crippen molar-refractivity contribution in [2.24, 2.45) is 0 Å². The zero-order valence-corrected chi connectivity index (χ0v) is 15.7. The van der Waals surface area contributed by atoms with Crippen LogP contribution in [0.5, 0.6) is 0 Å². The van der Waals surface area contributed by atoms with E-state index in [0.29, 0.717) is 4.90 Å². The number of amides is 2. The lowest BCUT2D eigenvalue weighted by molar-refractivity contribution is -0.0580. The Morgan fingerprint density at radius 3 is 1.93 bits per heavy atom. The third kappa shape index (κ3) is 4.48. The quantitative estimate of drug-likeness (QED) is 0.385. The molecule has 2 aromatic carbocycles. The molecular weight excluding hydrogens is 411 g/mol. The Bertz CT molecular complexity index is 987. The molecule has 154 valence electrons. The molecule has 3 rings (SSSR count). The number of alkyl halides is 3. The minimum absolute atomic E-state index is 0.109. The van der Waals surface area contributed by atoms with Gasteiger partial charge in [-0.1, -0.05) is 42.5 Å². The fourth-order valence-electron chi connectivity index (χ4n) is 2.98. The molecule has 0 bridgehead atoms. The number of imide groups is 1. The summed E-state index contributed by atoms with van der Waals surface area (Å²) >= 11 is 0. The molecule has 1 aliphatic heterocycles. The summed E-state index contributed by atoms with van der Waals surface area (Å²) in [5.41, 5.74) is -4.65. The van der Waals surface area contributed by atoms with Crippen LogP contribution in [0.15, 0.2) is 54.6 Å². The van der Waals surface area contributed by atoms with E-state index < -0.39 is 40.1 Å². The second-order valence-corrected chi connectivity index (χ2v) is 7.97. The lowest BCUT2D eigenvalue weighted by atomic mass is 10.1. The van der Waals surface area contributed by atoms with Crippen LogP contribution in [-0.4, -0.2) is 43.3 Å². The Hall–Kier alpha value is -2.72. The van der Waals surface area contributed by atoms with Crippen molar-refractivity contribution in [2.75, 3.05) is 6.54 Å². The van der Waals surface area contributed by atoms with Crippen molar-refractivity contribution in [1.82, 2.24) is 4.90 Å². The van der Waals surface area contributed by atoms with Gasteiger partial charge >= 0.3 is 15.6 Å². The lowest BCUT2D eigenvalue weighted by Gasteiger charge is -2.23. The zero-order valence-electron chi connectivity index (χ0n) is 14.9. The summed E-state index contributed by atoms with van der Waals surface area (Å²) in [7, 11) is -5.89. The van der Waals surface area contributed by atoms with E-state index >= 15 is 0 Å². The molecule has 0 saturated carbocycles. The average Bonchev–Trinajstić information content (AvgIpc) is 2.91. The Kier molecular flexibility index (Phi) is 5.76. The molecule has 29 heavy (non-hydrogen) atoms. The predicted molar refractivity (Wildman–Crippen MR) is 96.4 cm³/mol. The Morgan fingerprint density at radius 2 is 1.41 bits per heavy atom. The Labute approximate surface area is 165 Å². The smallest absolute Gasteiger partial charge is 0.272 e. The van der Waals surface area contributed by atoms with Gasteiger partial charge in [-0.3, -0.25) is 18.7 Å². The minimum atomic E-state index is -5.89. The van der Waals surface area contributed by atoms with Gasteiger partial charge in [0.15, 0.2) is 0 Å². The molecule has 2 aromatic rings. The molecule has 1 unspecified atom stereocenters. The van der Waals surface area contributed by atoms with Gasteiger partial charge in [0.05, 0.1) is 23.8 Å². The number of rotatable bonds is 7. The van der Waals surface area contributed by atoms with Gasteiger partial charge in [0.25, 0.3) is 11.8 Å². The summed E-state index contributed by atoms with van der Waals surface area (Å²) in [5, 5.41) is 0. The molecule has 1 atom stereocenters. The number of fused-ring (bicyclic) bond motifs is 1. The first-order chi connectivity index (χ1) is 13.6. The topological polar surface area (TPSA) is 80.8 Å². The highest BCUT2D eigenvalue weighted by Gasteiger charge is 2.49. The summed E-state index contributed by atoms with van der Waals surface area (Å²) in [6.45, 7) is -0.617. The van der Waals surface area contributed by atoms with Gasteiger partial charge in [-0.25, -0.2) is 0 Å². The van der Waals surface area contributed by atoms with Gasteiger partial charge in [0.2, 0.25) is 0 Å². The molecule has 6 nitrogen and oxygen atoms in total. The normalized spacial score (nSPS) is 15.5. The molecule has 0 aliphatic carbocycles. The SMILES string of the molecule is O=C1c2ccccc2C(=O)N1CC(CCc1ccccc1)OS(=O)(=O)C(F)(F)F. The van der Waals surface area contributed by atoms with Crippen LogP contribution in [0.2, 0.25) is 0 Å². The molecule has 0 saturated heterocycles. The number of hydrogen-bond donors (Lipinski definition) is 0. The van der Waals surface area contributed by atoms with Crippen molar-refractivity contribution in [3.05, 3.63) is 71.3 Å². The molecule has 1 heterocycles. The maximum absolute atomic E-state index is 12.8. The third-order valence-electron chi connectivity index (χ3n) is 4.41. The summed E-state index contributed by atoms with van der Waals surface area (Å²) in [6.07, 6.45) is -1.50. The maximum Gasteiger partial charge on any atom is 0.523 e. The average molecular weight is 427 g/mol. The first-order valence-corrected chi connectivity index (χ1v) is 9.99. The number of nitrogens with zero attached hydrogens (tertiary/aromatic N) is 1. The largest absolute Gasteiger partial charge is 0.523 e. The minimum Gasteiger partial charge on any atom is -0.272 e. The number of carbonyl (C=O) groups excluding carboxylic acids is 2. The summed E-state index contributed by atoms with van der Waals surface area (Å²) in [4.78, 5) is 25.6. The first-order valence-electron chi connectivity index (χ1n) is 8.59. The van der Waals surface area contributed by atoms with Crippen LogP contribution in [0, 0.1) is 0 Å². The Morgan fingerprint density at radius 1 is 0.897 bits per heavy atom. The standard InChI is InChI=1S/C19H16F3NO5S/c20-19(21,22)29(26,27)28-14(11-10-13-6-2-1-3-7-13)12-23-17(24)15-8-4-5-9-16(15)18(23)25/h1-9,14H,10-12H2. The van der Waals surface area contributed by atoms with E-state index in [4.69, 9.17) is 0 Å². The molecule has 0 radical (unpaired) electrons. The summed E-state index contributed by atoms with van der Waals surface area (Å²) in [5.74, 6) is -1.41. The fraction of sp³-hybridized carbons (Fsp3) is 0.263. The second kappa shape index (κ2) is 7.96. The lowest BCUT2D eigenvalue weighted by Crippen LogP contribution is -2.41. The number of hydrogen-bond acceptors (Lipinski definition) is 5. The molecular formula is C19H16F3NO5S. The van der Waals surface area contributed by atoms with Crippen molar-refractivity contribution in [1.29, 1.82) is 0 Å². The highest BCUT2D eigenvalue weighted by molar-refractivity contribution is 7.87. The van der Waals surface area contributed by atoms with E-state index in [0.717, 1.165) is 5.56 Å². The second-order valence-electron chi connectivity index (χ2n) is 6.41. The van der Waals surface area contributed by atoms with E-state index in [1.807, 2.05) is 0 Å². The fourth-order valence-corrected chi connectivity index (χ4v) is 3.61. The van der Waals surface area contributed by atoms with Gasteiger partial charge in [-0.15, -0.1) is 0 Å². The van der Waals surface area contributed by atoms with Crippen LogP contribution in [0.25, 0.3) is 0 Å². The van der Waals surface area contributed by atoms with Crippen molar-refractivity contribution >= 4 is 21.9 Å². The van der Waals surface area contributed by atoms with Gasteiger partial charge in [-0.2, -0.15) is 21.6 Å². The number of aryl methyl sites for hydroxylation is 1. The molecule has 0 aromatic heterocycles. The van der Waals surface area contributed by atoms with Crippen molar-refractivity contribution in [3.63, 3.8) is 0 Å². The number of benzene rings is 2. The van der Waals surface area contributed by atoms with E-state index in [1.54, 1.807) is 42.5 Å². The van der Waals surface area contributed by atoms with Crippen molar-refractivity contribution < 1.29 is 35.4 Å². The molecule has 0 fully saturated rings. The van der Waals surface area contributed by atoms with E-state index in [9.17, 15) is 31.2 Å². The van der Waals surface area contributed by atoms with Crippen LogP contribution in [0.3, 0.4) is 0 Å². The van der Waals surface area contributed by atoms with Crippen LogP contribution in [0.1, 0.15) is 32.7 Å². The van der Waals surface area contributed by atoms with E-state index in [1.165, 1.54) is 12.1 Å². The van der Waals surface area contributed by atoms with Gasteiger partial charge in [0, 0.05) is 0 Å². The monoisotopic (exact) mass is 427 g/mol. The van der Waals surface area contributed by atoms with E-state index in [2.05, 4.69) is 4.18 Å². The van der Waals surface area contributed by atoms with E-state index in [-0.39, 0.29) is 24.0 Å². The van der Waals surface area contributed by atoms with Crippen LogP contribution < -0.4 is 0 Å². The van der Waals surface area contributed by atoms with Crippen LogP contribution in [-0.2, 0) is 20.7 Å². The molecule has 1 aliphatic rings. The molecule has 0 spiro atoms. The summed E-state index contributed by atoms with van der Waals surface area (Å²) in [6, 6.07) is 14.6. The maximum atomic E-state index is 12.8. The summed E-state index contributed by atoms with van der Waals surface area (Å²) < 4.78 is 65.7. The number of halogens is 3. The van der Waals surface area contributed by atoms with Crippen LogP contribution in [0.4, 0.5) is 13.2 Å². The van der Waals surface area contributed by atoms with Crippen LogP contribution >= 0.6 is 0 Å². The third-order valence-corrected chi connectivity index (χ3v) is 5.50. The number of carbonyl (C=O) groups is 2. The molecule has 10 heteroatoms. The first kappa shape index (κ1) is 21.0. The van der Waals surface area contributed by atoms with Gasteiger partial charge in [-0.05, 0) is 30.5 Å². The van der Waals surface area contributed by atoms with Gasteiger partial charge in [0.1, 0.15) is 0 Å². The molecule has 0 N–H and O–H groups in total. The predicted octanol–water partition coefficient (Wildman–Crippen LogP) is 3.15.